The molecule has 0 radical (unpaired) electrons. The summed E-state index contributed by atoms with van der Waals surface area (Å²) in [7, 11) is 0. The van der Waals surface area contributed by atoms with Gasteiger partial charge in [0, 0.05) is 24.7 Å². The molecule has 0 fully saturated rings. The Morgan fingerprint density at radius 2 is 2.05 bits per heavy atom. The molecule has 116 valence electrons. The first-order valence-electron chi connectivity index (χ1n) is 6.93. The smallest absolute Gasteiger partial charge is 0.293 e. The van der Waals surface area contributed by atoms with Crippen molar-refractivity contribution < 1.29 is 9.72 Å². The number of nitrogens with one attached hydrogen (secondary N) is 1. The van der Waals surface area contributed by atoms with E-state index in [1.165, 1.54) is 6.07 Å². The van der Waals surface area contributed by atoms with Crippen LogP contribution in [0.25, 0.3) is 0 Å². The maximum absolute atomic E-state index is 12.0. The number of nitro groups is 1. The zero-order valence-electron chi connectivity index (χ0n) is 12.8. The summed E-state index contributed by atoms with van der Waals surface area (Å²) in [5, 5.41) is 17.9. The molecule has 0 atom stereocenters. The van der Waals surface area contributed by atoms with E-state index in [4.69, 9.17) is 0 Å². The van der Waals surface area contributed by atoms with Crippen LogP contribution in [0.5, 0.6) is 0 Å². The molecule has 2 rings (SSSR count). The van der Waals surface area contributed by atoms with Gasteiger partial charge in [-0.2, -0.15) is 5.10 Å². The summed E-state index contributed by atoms with van der Waals surface area (Å²) in [6.07, 6.45) is 0.201. The maximum atomic E-state index is 12.0. The molecule has 0 aliphatic heterocycles. The van der Waals surface area contributed by atoms with Gasteiger partial charge in [0.25, 0.3) is 5.69 Å². The standard InChI is InChI=1S/C15H18N4O3/c1-10-4-5-13(14(8-10)19(21)22)16-15(20)6-7-18-12(3)9-11(2)17-18/h4-5,8-9H,6-7H2,1-3H3,(H,16,20). The Kier molecular flexibility index (Phi) is 4.55. The number of nitro benzene ring substituents is 1. The Morgan fingerprint density at radius 1 is 1.32 bits per heavy atom. The molecule has 0 aliphatic carbocycles. The van der Waals surface area contributed by atoms with E-state index in [0.29, 0.717) is 6.54 Å². The van der Waals surface area contributed by atoms with E-state index in [1.807, 2.05) is 19.9 Å². The Labute approximate surface area is 128 Å². The van der Waals surface area contributed by atoms with E-state index in [9.17, 15) is 14.9 Å². The van der Waals surface area contributed by atoms with Crippen molar-refractivity contribution in [2.24, 2.45) is 0 Å². The van der Waals surface area contributed by atoms with E-state index < -0.39 is 4.92 Å². The highest BCUT2D eigenvalue weighted by molar-refractivity contribution is 5.93. The average Bonchev–Trinajstić information content (AvgIpc) is 2.76. The number of aryl methyl sites for hydroxylation is 4. The van der Waals surface area contributed by atoms with Crippen LogP contribution in [0.3, 0.4) is 0 Å². The van der Waals surface area contributed by atoms with Crippen LogP contribution >= 0.6 is 0 Å². The summed E-state index contributed by atoms with van der Waals surface area (Å²) in [6, 6.07) is 6.65. The third kappa shape index (κ3) is 3.69. The molecular weight excluding hydrogens is 284 g/mol. The average molecular weight is 302 g/mol. The normalized spacial score (nSPS) is 10.5. The van der Waals surface area contributed by atoms with Gasteiger partial charge in [0.2, 0.25) is 5.91 Å². The van der Waals surface area contributed by atoms with Crippen molar-refractivity contribution in [1.29, 1.82) is 0 Å². The number of carbonyl (C=O) groups excluding carboxylic acids is 1. The monoisotopic (exact) mass is 302 g/mol. The van der Waals surface area contributed by atoms with E-state index in [2.05, 4.69) is 10.4 Å². The zero-order valence-corrected chi connectivity index (χ0v) is 12.8. The van der Waals surface area contributed by atoms with Crippen molar-refractivity contribution in [1.82, 2.24) is 9.78 Å². The first-order valence-corrected chi connectivity index (χ1v) is 6.93. The van der Waals surface area contributed by atoms with Gasteiger partial charge in [-0.1, -0.05) is 6.07 Å². The van der Waals surface area contributed by atoms with Gasteiger partial charge in [-0.3, -0.25) is 19.6 Å². The fraction of sp³-hybridized carbons (Fsp3) is 0.333. The molecule has 0 aliphatic rings. The molecule has 1 aromatic heterocycles. The Balaban J connectivity index is 2.03. The SMILES string of the molecule is Cc1ccc(NC(=O)CCn2nc(C)cc2C)c([N+](=O)[O-])c1. The van der Waals surface area contributed by atoms with Crippen LogP contribution in [0.4, 0.5) is 11.4 Å². The molecule has 22 heavy (non-hydrogen) atoms. The van der Waals surface area contributed by atoms with Gasteiger partial charge in [-0.25, -0.2) is 0 Å². The van der Waals surface area contributed by atoms with Crippen LogP contribution < -0.4 is 5.32 Å². The van der Waals surface area contributed by atoms with Crippen molar-refractivity contribution in [3.05, 3.63) is 51.3 Å². The lowest BCUT2D eigenvalue weighted by atomic mass is 10.2. The number of anilines is 1. The molecule has 2 aromatic rings. The second-order valence-electron chi connectivity index (χ2n) is 5.23. The van der Waals surface area contributed by atoms with Crippen molar-refractivity contribution in [2.45, 2.75) is 33.7 Å². The lowest BCUT2D eigenvalue weighted by molar-refractivity contribution is -0.384. The molecule has 0 saturated carbocycles. The van der Waals surface area contributed by atoms with Gasteiger partial charge in [0.1, 0.15) is 5.69 Å². The Morgan fingerprint density at radius 3 is 2.64 bits per heavy atom. The van der Waals surface area contributed by atoms with Gasteiger partial charge in [-0.05, 0) is 38.5 Å². The third-order valence-corrected chi connectivity index (χ3v) is 3.28. The van der Waals surface area contributed by atoms with Crippen molar-refractivity contribution in [3.8, 4) is 0 Å². The predicted molar refractivity (Wildman–Crippen MR) is 82.8 cm³/mol. The summed E-state index contributed by atoms with van der Waals surface area (Å²) in [5.74, 6) is -0.278. The highest BCUT2D eigenvalue weighted by Crippen LogP contribution is 2.25. The number of carbonyl (C=O) groups is 1. The van der Waals surface area contributed by atoms with Crippen LogP contribution in [0.2, 0.25) is 0 Å². The number of nitrogens with zero attached hydrogens (tertiary/aromatic N) is 3. The quantitative estimate of drug-likeness (QED) is 0.679. The lowest BCUT2D eigenvalue weighted by Gasteiger charge is -2.07. The van der Waals surface area contributed by atoms with Gasteiger partial charge >= 0.3 is 0 Å². The molecule has 1 N–H and O–H groups in total. The van der Waals surface area contributed by atoms with E-state index >= 15 is 0 Å². The molecule has 1 aromatic carbocycles. The topological polar surface area (TPSA) is 90.1 Å². The molecule has 1 heterocycles. The van der Waals surface area contributed by atoms with E-state index in [0.717, 1.165) is 17.0 Å². The largest absolute Gasteiger partial charge is 0.320 e. The minimum absolute atomic E-state index is 0.0977. The molecule has 7 nitrogen and oxygen atoms in total. The number of hydrogen-bond donors (Lipinski definition) is 1. The number of rotatable bonds is 5. The van der Waals surface area contributed by atoms with Crippen molar-refractivity contribution in [2.75, 3.05) is 5.32 Å². The first kappa shape index (κ1) is 15.7. The number of aromatic nitrogens is 2. The number of amides is 1. The molecule has 0 bridgehead atoms. The Bertz CT molecular complexity index is 722. The van der Waals surface area contributed by atoms with E-state index in [-0.39, 0.29) is 23.7 Å². The van der Waals surface area contributed by atoms with Crippen LogP contribution in [0.1, 0.15) is 23.4 Å². The molecule has 0 unspecified atom stereocenters. The minimum atomic E-state index is -0.496. The van der Waals surface area contributed by atoms with Gasteiger partial charge in [0.15, 0.2) is 0 Å². The second kappa shape index (κ2) is 6.38. The third-order valence-electron chi connectivity index (χ3n) is 3.28. The number of hydrogen-bond acceptors (Lipinski definition) is 4. The van der Waals surface area contributed by atoms with Crippen LogP contribution in [0.15, 0.2) is 24.3 Å². The van der Waals surface area contributed by atoms with Crippen LogP contribution in [-0.2, 0) is 11.3 Å². The summed E-state index contributed by atoms with van der Waals surface area (Å²) in [6.45, 7) is 6.01. The minimum Gasteiger partial charge on any atom is -0.320 e. The highest BCUT2D eigenvalue weighted by Gasteiger charge is 2.16. The molecule has 1 amide bonds. The summed E-state index contributed by atoms with van der Waals surface area (Å²) < 4.78 is 1.75. The molecular formula is C15H18N4O3. The zero-order chi connectivity index (χ0) is 16.3. The summed E-state index contributed by atoms with van der Waals surface area (Å²) >= 11 is 0. The fourth-order valence-corrected chi connectivity index (χ4v) is 2.22. The summed E-state index contributed by atoms with van der Waals surface area (Å²) in [4.78, 5) is 22.5. The second-order valence-corrected chi connectivity index (χ2v) is 5.23. The fourth-order valence-electron chi connectivity index (χ4n) is 2.22. The highest BCUT2D eigenvalue weighted by atomic mass is 16.6. The predicted octanol–water partition coefficient (Wildman–Crippen LogP) is 2.75. The number of benzene rings is 1. The van der Waals surface area contributed by atoms with Crippen LogP contribution in [-0.4, -0.2) is 20.6 Å². The molecule has 0 saturated heterocycles. The van der Waals surface area contributed by atoms with Crippen LogP contribution in [0, 0.1) is 30.9 Å². The maximum Gasteiger partial charge on any atom is 0.293 e. The van der Waals surface area contributed by atoms with Gasteiger partial charge < -0.3 is 5.32 Å². The van der Waals surface area contributed by atoms with Crippen molar-refractivity contribution in [3.63, 3.8) is 0 Å². The summed E-state index contributed by atoms with van der Waals surface area (Å²) in [5.41, 5.74) is 2.76. The first-order chi connectivity index (χ1) is 10.4. The molecule has 0 spiro atoms. The van der Waals surface area contributed by atoms with Gasteiger partial charge in [0.05, 0.1) is 10.6 Å². The Hall–Kier alpha value is -2.70. The molecule has 7 heteroatoms. The van der Waals surface area contributed by atoms with E-state index in [1.54, 1.807) is 23.7 Å². The van der Waals surface area contributed by atoms with Crippen molar-refractivity contribution >= 4 is 17.3 Å². The van der Waals surface area contributed by atoms with Gasteiger partial charge in [-0.15, -0.1) is 0 Å². The lowest BCUT2D eigenvalue weighted by Crippen LogP contribution is -2.16.